The van der Waals surface area contributed by atoms with Crippen molar-refractivity contribution in [3.8, 4) is 6.07 Å². The van der Waals surface area contributed by atoms with Crippen LogP contribution < -0.4 is 0 Å². The lowest BCUT2D eigenvalue weighted by atomic mass is 10.0. The van der Waals surface area contributed by atoms with Crippen molar-refractivity contribution in [2.24, 2.45) is 0 Å². The van der Waals surface area contributed by atoms with Gasteiger partial charge in [0.1, 0.15) is 0 Å². The highest BCUT2D eigenvalue weighted by Crippen LogP contribution is 2.60. The van der Waals surface area contributed by atoms with Crippen LogP contribution >= 0.6 is 0 Å². The molecule has 4 rings (SSSR count). The van der Waals surface area contributed by atoms with E-state index in [1.165, 1.54) is 6.07 Å². The van der Waals surface area contributed by atoms with Gasteiger partial charge < -0.3 is 0 Å². The third kappa shape index (κ3) is 1.00. The summed E-state index contributed by atoms with van der Waals surface area (Å²) in [5, 5.41) is 13.0. The van der Waals surface area contributed by atoms with Gasteiger partial charge in [0, 0.05) is 23.2 Å². The fourth-order valence-corrected chi connectivity index (χ4v) is 3.01. The van der Waals surface area contributed by atoms with Gasteiger partial charge in [-0.2, -0.15) is 9.65 Å². The lowest BCUT2D eigenvalue weighted by molar-refractivity contribution is 0.556. The van der Waals surface area contributed by atoms with Crippen molar-refractivity contribution >= 4 is 5.65 Å². The SMILES string of the molecule is N#CC1CC2(CC2)c2c1cnc1cc(F)nn21. The quantitative estimate of drug-likeness (QED) is 0.692. The van der Waals surface area contributed by atoms with Crippen molar-refractivity contribution in [2.45, 2.75) is 30.6 Å². The fourth-order valence-electron chi connectivity index (χ4n) is 3.01. The molecule has 2 aromatic rings. The predicted molar refractivity (Wildman–Crippen MR) is 56.8 cm³/mol. The lowest BCUT2D eigenvalue weighted by Gasteiger charge is -2.08. The van der Waals surface area contributed by atoms with Gasteiger partial charge in [0.25, 0.3) is 0 Å². The third-order valence-electron chi connectivity index (χ3n) is 3.96. The molecule has 5 heteroatoms. The smallest absolute Gasteiger partial charge is 0.235 e. The first-order valence-corrected chi connectivity index (χ1v) is 5.68. The van der Waals surface area contributed by atoms with Gasteiger partial charge in [-0.3, -0.25) is 0 Å². The van der Waals surface area contributed by atoms with Gasteiger partial charge in [0.15, 0.2) is 5.65 Å². The molecule has 84 valence electrons. The Hall–Kier alpha value is -1.96. The molecule has 17 heavy (non-hydrogen) atoms. The van der Waals surface area contributed by atoms with Crippen molar-refractivity contribution in [1.82, 2.24) is 14.6 Å². The highest BCUT2D eigenvalue weighted by molar-refractivity contribution is 5.50. The van der Waals surface area contributed by atoms with Crippen molar-refractivity contribution in [3.05, 3.63) is 29.5 Å². The number of hydrogen-bond donors (Lipinski definition) is 0. The second-order valence-corrected chi connectivity index (χ2v) is 4.97. The Kier molecular flexibility index (Phi) is 1.42. The summed E-state index contributed by atoms with van der Waals surface area (Å²) in [5.74, 6) is -0.626. The number of nitriles is 1. The van der Waals surface area contributed by atoms with Gasteiger partial charge in [-0.1, -0.05) is 0 Å². The Morgan fingerprint density at radius 1 is 1.53 bits per heavy atom. The number of hydrogen-bond acceptors (Lipinski definition) is 3. The van der Waals surface area contributed by atoms with Gasteiger partial charge in [0.05, 0.1) is 17.7 Å². The van der Waals surface area contributed by atoms with Crippen LogP contribution in [0.4, 0.5) is 4.39 Å². The Labute approximate surface area is 96.7 Å². The largest absolute Gasteiger partial charge is 0.237 e. The van der Waals surface area contributed by atoms with E-state index in [1.54, 1.807) is 10.7 Å². The topological polar surface area (TPSA) is 54.0 Å². The average Bonchev–Trinajstić information content (AvgIpc) is 2.86. The standard InChI is InChI=1S/C12H9FN4/c13-9-3-10-15-6-8-7(5-14)4-12(1-2-12)11(8)17(10)16-9/h3,6-7H,1-2,4H2. The molecule has 2 heterocycles. The van der Waals surface area contributed by atoms with Crippen LogP contribution in [0, 0.1) is 17.3 Å². The zero-order chi connectivity index (χ0) is 11.6. The van der Waals surface area contributed by atoms with E-state index in [0.717, 1.165) is 30.5 Å². The van der Waals surface area contributed by atoms with Gasteiger partial charge in [-0.25, -0.2) is 9.50 Å². The second-order valence-electron chi connectivity index (χ2n) is 4.97. The molecule has 1 fully saturated rings. The number of halogens is 1. The van der Waals surface area contributed by atoms with E-state index >= 15 is 0 Å². The molecule has 0 aromatic carbocycles. The molecule has 1 spiro atoms. The second kappa shape index (κ2) is 2.65. The number of rotatable bonds is 0. The molecule has 0 radical (unpaired) electrons. The van der Waals surface area contributed by atoms with E-state index in [4.69, 9.17) is 5.26 Å². The highest BCUT2D eigenvalue weighted by Gasteiger charge is 2.54. The van der Waals surface area contributed by atoms with E-state index in [-0.39, 0.29) is 11.3 Å². The normalized spacial score (nSPS) is 23.9. The van der Waals surface area contributed by atoms with Crippen LogP contribution in [0.3, 0.4) is 0 Å². The minimum atomic E-state index is -0.512. The van der Waals surface area contributed by atoms with E-state index < -0.39 is 5.95 Å². The molecule has 2 aliphatic carbocycles. The summed E-state index contributed by atoms with van der Waals surface area (Å²) in [6.07, 6.45) is 4.69. The Morgan fingerprint density at radius 3 is 3.06 bits per heavy atom. The van der Waals surface area contributed by atoms with Crippen LogP contribution in [0.25, 0.3) is 5.65 Å². The van der Waals surface area contributed by atoms with Crippen molar-refractivity contribution in [1.29, 1.82) is 5.26 Å². The first-order chi connectivity index (χ1) is 8.23. The van der Waals surface area contributed by atoms with Crippen molar-refractivity contribution in [3.63, 3.8) is 0 Å². The van der Waals surface area contributed by atoms with Crippen LogP contribution in [0.2, 0.25) is 0 Å². The molecule has 1 atom stereocenters. The Balaban J connectivity index is 2.10. The summed E-state index contributed by atoms with van der Waals surface area (Å²) in [5.41, 5.74) is 2.54. The summed E-state index contributed by atoms with van der Waals surface area (Å²) in [6.45, 7) is 0. The maximum atomic E-state index is 13.2. The van der Waals surface area contributed by atoms with E-state index in [9.17, 15) is 4.39 Å². The molecule has 4 nitrogen and oxygen atoms in total. The zero-order valence-electron chi connectivity index (χ0n) is 9.02. The maximum absolute atomic E-state index is 13.2. The van der Waals surface area contributed by atoms with E-state index in [2.05, 4.69) is 16.2 Å². The van der Waals surface area contributed by atoms with Gasteiger partial charge >= 0.3 is 0 Å². The molecular weight excluding hydrogens is 219 g/mol. The molecule has 0 amide bonds. The number of nitrogens with zero attached hydrogens (tertiary/aromatic N) is 4. The Bertz CT molecular complexity index is 678. The summed E-state index contributed by atoms with van der Waals surface area (Å²) >= 11 is 0. The number of aromatic nitrogens is 3. The number of fused-ring (bicyclic) bond motifs is 4. The molecule has 1 saturated carbocycles. The molecule has 0 aliphatic heterocycles. The van der Waals surface area contributed by atoms with Gasteiger partial charge in [-0.05, 0) is 19.3 Å². The summed E-state index contributed by atoms with van der Waals surface area (Å²) in [6, 6.07) is 3.64. The minimum absolute atomic E-state index is 0.0649. The average molecular weight is 228 g/mol. The molecular formula is C12H9FN4. The molecule has 2 aromatic heterocycles. The third-order valence-corrected chi connectivity index (χ3v) is 3.96. The first-order valence-electron chi connectivity index (χ1n) is 5.68. The van der Waals surface area contributed by atoms with Crippen molar-refractivity contribution < 1.29 is 4.39 Å². The summed E-state index contributed by atoms with van der Waals surface area (Å²) in [7, 11) is 0. The first kappa shape index (κ1) is 9.11. The van der Waals surface area contributed by atoms with Gasteiger partial charge in [-0.15, -0.1) is 5.10 Å². The maximum Gasteiger partial charge on any atom is 0.235 e. The highest BCUT2D eigenvalue weighted by atomic mass is 19.1. The summed E-state index contributed by atoms with van der Waals surface area (Å²) in [4.78, 5) is 4.17. The predicted octanol–water partition coefficient (Wildman–Crippen LogP) is 1.91. The fraction of sp³-hybridized carbons (Fsp3) is 0.417. The molecule has 0 N–H and O–H groups in total. The van der Waals surface area contributed by atoms with E-state index in [0.29, 0.717) is 5.65 Å². The van der Waals surface area contributed by atoms with Gasteiger partial charge in [0.2, 0.25) is 5.95 Å². The van der Waals surface area contributed by atoms with Crippen LogP contribution in [0.1, 0.15) is 36.4 Å². The van der Waals surface area contributed by atoms with E-state index in [1.807, 2.05) is 0 Å². The molecule has 0 bridgehead atoms. The minimum Gasteiger partial charge on any atom is -0.237 e. The monoisotopic (exact) mass is 228 g/mol. The lowest BCUT2D eigenvalue weighted by Crippen LogP contribution is -2.09. The Morgan fingerprint density at radius 2 is 2.35 bits per heavy atom. The van der Waals surface area contributed by atoms with Crippen LogP contribution in [0.5, 0.6) is 0 Å². The summed E-state index contributed by atoms with van der Waals surface area (Å²) < 4.78 is 14.8. The van der Waals surface area contributed by atoms with Crippen LogP contribution in [-0.2, 0) is 5.41 Å². The van der Waals surface area contributed by atoms with Crippen LogP contribution in [-0.4, -0.2) is 14.6 Å². The molecule has 2 aliphatic rings. The van der Waals surface area contributed by atoms with Crippen LogP contribution in [0.15, 0.2) is 12.3 Å². The molecule has 1 unspecified atom stereocenters. The van der Waals surface area contributed by atoms with Crippen molar-refractivity contribution in [2.75, 3.05) is 0 Å². The zero-order valence-corrected chi connectivity index (χ0v) is 9.02. The molecule has 0 saturated heterocycles.